The summed E-state index contributed by atoms with van der Waals surface area (Å²) in [5.41, 5.74) is 3.62. The Morgan fingerprint density at radius 2 is 1.88 bits per heavy atom. The summed E-state index contributed by atoms with van der Waals surface area (Å²) < 4.78 is 12.9. The Balaban J connectivity index is 1.87. The van der Waals surface area contributed by atoms with Gasteiger partial charge >= 0.3 is 0 Å². The highest BCUT2D eigenvalue weighted by molar-refractivity contribution is 5.67. The molecule has 0 aliphatic carbocycles. The van der Waals surface area contributed by atoms with Gasteiger partial charge in [0.15, 0.2) is 5.76 Å². The first-order valence-corrected chi connectivity index (χ1v) is 7.96. The van der Waals surface area contributed by atoms with Gasteiger partial charge in [0.1, 0.15) is 17.2 Å². The van der Waals surface area contributed by atoms with Crippen LogP contribution in [0.15, 0.2) is 71.4 Å². The lowest BCUT2D eigenvalue weighted by Crippen LogP contribution is -1.99. The lowest BCUT2D eigenvalue weighted by atomic mass is 10.2. The Kier molecular flexibility index (Phi) is 3.82. The van der Waals surface area contributed by atoms with Crippen molar-refractivity contribution in [1.82, 2.24) is 14.8 Å². The maximum atomic E-state index is 5.82. The smallest absolute Gasteiger partial charge is 0.152 e. The number of aryl methyl sites for hydroxylation is 1. The topological polar surface area (TPSA) is 53.1 Å². The Morgan fingerprint density at radius 3 is 2.52 bits per heavy atom. The van der Waals surface area contributed by atoms with E-state index in [1.54, 1.807) is 19.5 Å². The van der Waals surface area contributed by atoms with Gasteiger partial charge in [0, 0.05) is 18.0 Å². The van der Waals surface area contributed by atoms with Crippen molar-refractivity contribution in [2.24, 2.45) is 0 Å². The van der Waals surface area contributed by atoms with Crippen molar-refractivity contribution in [3.05, 3.63) is 72.8 Å². The van der Waals surface area contributed by atoms with Crippen molar-refractivity contribution in [2.45, 2.75) is 6.92 Å². The molecule has 0 radical (unpaired) electrons. The van der Waals surface area contributed by atoms with E-state index in [1.807, 2.05) is 66.2 Å². The molecule has 0 atom stereocenters. The fourth-order valence-corrected chi connectivity index (χ4v) is 2.70. The fourth-order valence-electron chi connectivity index (χ4n) is 2.70. The highest BCUT2D eigenvalue weighted by atomic mass is 16.5. The molecule has 0 saturated heterocycles. The van der Waals surface area contributed by atoms with Gasteiger partial charge in [0.2, 0.25) is 0 Å². The molecule has 3 aromatic heterocycles. The third kappa shape index (κ3) is 2.92. The van der Waals surface area contributed by atoms with Gasteiger partial charge in [-0.15, -0.1) is 0 Å². The number of hydrogen-bond donors (Lipinski definition) is 0. The van der Waals surface area contributed by atoms with Gasteiger partial charge in [0.05, 0.1) is 18.5 Å². The zero-order chi connectivity index (χ0) is 17.2. The summed E-state index contributed by atoms with van der Waals surface area (Å²) in [4.78, 5) is 4.18. The minimum absolute atomic E-state index is 0.774. The molecule has 0 fully saturated rings. The second-order valence-electron chi connectivity index (χ2n) is 5.68. The van der Waals surface area contributed by atoms with E-state index in [4.69, 9.17) is 14.3 Å². The molecule has 4 rings (SSSR count). The number of benzene rings is 1. The molecular formula is C20H17N3O2. The number of rotatable bonds is 4. The summed E-state index contributed by atoms with van der Waals surface area (Å²) >= 11 is 0. The lowest BCUT2D eigenvalue weighted by molar-refractivity contribution is 0.414. The molecule has 0 aliphatic heterocycles. The largest absolute Gasteiger partial charge is 0.497 e. The van der Waals surface area contributed by atoms with Crippen LogP contribution in [0.3, 0.4) is 0 Å². The fraction of sp³-hybridized carbons (Fsp3) is 0.100. The molecule has 0 bridgehead atoms. The molecule has 0 N–H and O–H groups in total. The Labute approximate surface area is 145 Å². The van der Waals surface area contributed by atoms with E-state index < -0.39 is 0 Å². The summed E-state index contributed by atoms with van der Waals surface area (Å²) in [7, 11) is 1.65. The summed E-state index contributed by atoms with van der Waals surface area (Å²) in [6, 6.07) is 17.6. The molecular weight excluding hydrogens is 314 g/mol. The maximum Gasteiger partial charge on any atom is 0.152 e. The molecule has 5 heteroatoms. The maximum absolute atomic E-state index is 5.82. The van der Waals surface area contributed by atoms with Crippen molar-refractivity contribution >= 4 is 0 Å². The van der Waals surface area contributed by atoms with Crippen LogP contribution in [0.25, 0.3) is 28.4 Å². The standard InChI is InChI=1S/C20H17N3O2/c1-14-5-10-20(25-14)19-12-18(15-4-3-11-21-13-15)22-23(19)16-6-8-17(24-2)9-7-16/h3-13H,1-2H3. The van der Waals surface area contributed by atoms with E-state index in [0.29, 0.717) is 0 Å². The Bertz CT molecular complexity index is 985. The van der Waals surface area contributed by atoms with Crippen LogP contribution in [0.2, 0.25) is 0 Å². The summed E-state index contributed by atoms with van der Waals surface area (Å²) in [5, 5.41) is 4.77. The molecule has 0 spiro atoms. The van der Waals surface area contributed by atoms with Gasteiger partial charge < -0.3 is 9.15 Å². The number of furan rings is 1. The second-order valence-corrected chi connectivity index (χ2v) is 5.68. The first kappa shape index (κ1) is 15.2. The number of methoxy groups -OCH3 is 1. The molecule has 5 nitrogen and oxygen atoms in total. The SMILES string of the molecule is COc1ccc(-n2nc(-c3cccnc3)cc2-c2ccc(C)o2)cc1. The van der Waals surface area contributed by atoms with Crippen molar-refractivity contribution in [2.75, 3.05) is 7.11 Å². The average molecular weight is 331 g/mol. The van der Waals surface area contributed by atoms with Crippen LogP contribution in [-0.4, -0.2) is 21.9 Å². The van der Waals surface area contributed by atoms with E-state index >= 15 is 0 Å². The monoisotopic (exact) mass is 331 g/mol. The molecule has 0 unspecified atom stereocenters. The van der Waals surface area contributed by atoms with Crippen molar-refractivity contribution in [3.63, 3.8) is 0 Å². The van der Waals surface area contributed by atoms with Crippen LogP contribution in [0.5, 0.6) is 5.75 Å². The lowest BCUT2D eigenvalue weighted by Gasteiger charge is -2.07. The number of hydrogen-bond acceptors (Lipinski definition) is 4. The van der Waals surface area contributed by atoms with Gasteiger partial charge in [-0.3, -0.25) is 4.98 Å². The Hall–Kier alpha value is -3.34. The molecule has 124 valence electrons. The first-order chi connectivity index (χ1) is 12.2. The highest BCUT2D eigenvalue weighted by Crippen LogP contribution is 2.30. The molecule has 0 saturated carbocycles. The molecule has 1 aromatic carbocycles. The average Bonchev–Trinajstić information content (AvgIpc) is 3.29. The number of ether oxygens (including phenoxy) is 1. The summed E-state index contributed by atoms with van der Waals surface area (Å²) in [5.74, 6) is 2.44. The number of nitrogens with zero attached hydrogens (tertiary/aromatic N) is 3. The van der Waals surface area contributed by atoms with Gasteiger partial charge in [-0.2, -0.15) is 5.10 Å². The molecule has 0 aliphatic rings. The third-order valence-electron chi connectivity index (χ3n) is 3.98. The molecule has 4 aromatic rings. The van der Waals surface area contributed by atoms with Crippen LogP contribution < -0.4 is 4.74 Å². The van der Waals surface area contributed by atoms with Gasteiger partial charge in [0.25, 0.3) is 0 Å². The quantitative estimate of drug-likeness (QED) is 0.552. The van der Waals surface area contributed by atoms with Crippen LogP contribution >= 0.6 is 0 Å². The first-order valence-electron chi connectivity index (χ1n) is 7.96. The van der Waals surface area contributed by atoms with E-state index in [9.17, 15) is 0 Å². The number of pyridine rings is 1. The number of aromatic nitrogens is 3. The third-order valence-corrected chi connectivity index (χ3v) is 3.98. The van der Waals surface area contributed by atoms with Crippen molar-refractivity contribution in [3.8, 4) is 34.1 Å². The minimum atomic E-state index is 0.774. The van der Waals surface area contributed by atoms with Gasteiger partial charge in [-0.1, -0.05) is 0 Å². The van der Waals surface area contributed by atoms with Crippen LogP contribution in [-0.2, 0) is 0 Å². The second kappa shape index (κ2) is 6.28. The molecule has 3 heterocycles. The van der Waals surface area contributed by atoms with Crippen LogP contribution in [0.1, 0.15) is 5.76 Å². The molecule has 0 amide bonds. The van der Waals surface area contributed by atoms with E-state index in [2.05, 4.69) is 4.98 Å². The van der Waals surface area contributed by atoms with Gasteiger partial charge in [-0.25, -0.2) is 4.68 Å². The Morgan fingerprint density at radius 1 is 1.04 bits per heavy atom. The predicted molar refractivity (Wildman–Crippen MR) is 95.8 cm³/mol. The zero-order valence-electron chi connectivity index (χ0n) is 14.0. The van der Waals surface area contributed by atoms with Crippen molar-refractivity contribution in [1.29, 1.82) is 0 Å². The van der Waals surface area contributed by atoms with E-state index in [-0.39, 0.29) is 0 Å². The van der Waals surface area contributed by atoms with E-state index in [1.165, 1.54) is 0 Å². The predicted octanol–water partition coefficient (Wildman–Crippen LogP) is 4.51. The minimum Gasteiger partial charge on any atom is -0.497 e. The van der Waals surface area contributed by atoms with Crippen molar-refractivity contribution < 1.29 is 9.15 Å². The van der Waals surface area contributed by atoms with Crippen LogP contribution in [0, 0.1) is 6.92 Å². The van der Waals surface area contributed by atoms with Gasteiger partial charge in [-0.05, 0) is 61.5 Å². The van der Waals surface area contributed by atoms with Crippen LogP contribution in [0.4, 0.5) is 0 Å². The zero-order valence-corrected chi connectivity index (χ0v) is 14.0. The normalized spacial score (nSPS) is 10.8. The highest BCUT2D eigenvalue weighted by Gasteiger charge is 2.15. The summed E-state index contributed by atoms with van der Waals surface area (Å²) in [6.45, 7) is 1.93. The van der Waals surface area contributed by atoms with E-state index in [0.717, 1.165) is 39.9 Å². The molecule has 25 heavy (non-hydrogen) atoms. The summed E-state index contributed by atoms with van der Waals surface area (Å²) in [6.07, 6.45) is 3.55.